The van der Waals surface area contributed by atoms with E-state index in [4.69, 9.17) is 5.73 Å². The Morgan fingerprint density at radius 2 is 1.93 bits per heavy atom. The van der Waals surface area contributed by atoms with Crippen LogP contribution in [-0.4, -0.2) is 11.1 Å². The molecule has 0 radical (unpaired) electrons. The zero-order valence-electron chi connectivity index (χ0n) is 8.41. The normalized spacial score (nSPS) is 14.9. The Bertz CT molecular complexity index is 300. The van der Waals surface area contributed by atoms with E-state index < -0.39 is 6.10 Å². The molecule has 0 spiro atoms. The van der Waals surface area contributed by atoms with E-state index in [1.54, 1.807) is 0 Å². The number of aliphatic hydroxyl groups excluding tert-OH is 1. The number of rotatable bonds is 3. The molecule has 2 nitrogen and oxygen atoms in total. The van der Waals surface area contributed by atoms with E-state index in [-0.39, 0.29) is 24.4 Å². The van der Waals surface area contributed by atoms with Gasteiger partial charge in [-0.25, -0.2) is 0 Å². The second-order valence-corrected chi connectivity index (χ2v) is 6.79. The zero-order valence-corrected chi connectivity index (χ0v) is 13.2. The molecule has 1 heterocycles. The van der Waals surface area contributed by atoms with Crippen molar-refractivity contribution in [2.45, 2.75) is 26.0 Å². The van der Waals surface area contributed by atoms with Gasteiger partial charge in [-0.15, -0.1) is 23.7 Å². The van der Waals surface area contributed by atoms with Crippen LogP contribution in [0.2, 0.25) is 0 Å². The standard InChI is InChI=1S/C9H13Br2NOS.ClH/c1-4(2)7(12)8(13)6-3-5(10)9(11)14-6;/h3-4,7-8,13H,12H2,1-2H3;1H. The van der Waals surface area contributed by atoms with Gasteiger partial charge in [0.1, 0.15) is 6.10 Å². The number of hydrogen-bond donors (Lipinski definition) is 2. The summed E-state index contributed by atoms with van der Waals surface area (Å²) in [6, 6.07) is 1.69. The van der Waals surface area contributed by atoms with Gasteiger partial charge >= 0.3 is 0 Å². The van der Waals surface area contributed by atoms with E-state index in [9.17, 15) is 5.11 Å². The Hall–Kier alpha value is 0.870. The van der Waals surface area contributed by atoms with Crippen molar-refractivity contribution in [3.05, 3.63) is 19.2 Å². The van der Waals surface area contributed by atoms with Gasteiger partial charge in [0.15, 0.2) is 0 Å². The maximum atomic E-state index is 9.94. The highest BCUT2D eigenvalue weighted by molar-refractivity contribution is 9.13. The molecule has 0 fully saturated rings. The molecular weight excluding hydrogens is 365 g/mol. The largest absolute Gasteiger partial charge is 0.386 e. The molecule has 1 aromatic rings. The third-order valence-electron chi connectivity index (χ3n) is 2.09. The summed E-state index contributed by atoms with van der Waals surface area (Å²) in [7, 11) is 0. The van der Waals surface area contributed by atoms with Crippen molar-refractivity contribution < 1.29 is 5.11 Å². The first-order valence-electron chi connectivity index (χ1n) is 4.32. The molecule has 0 aliphatic rings. The number of hydrogen-bond acceptors (Lipinski definition) is 3. The van der Waals surface area contributed by atoms with Crippen molar-refractivity contribution in [3.63, 3.8) is 0 Å². The van der Waals surface area contributed by atoms with Crippen LogP contribution in [0, 0.1) is 5.92 Å². The molecule has 0 amide bonds. The lowest BCUT2D eigenvalue weighted by molar-refractivity contribution is 0.129. The SMILES string of the molecule is CC(C)C(N)C(O)c1cc(Br)c(Br)s1.Cl. The predicted molar refractivity (Wildman–Crippen MR) is 74.7 cm³/mol. The number of halogens is 3. The number of aliphatic hydroxyl groups is 1. The first-order chi connectivity index (χ1) is 6.43. The molecule has 0 aliphatic carbocycles. The van der Waals surface area contributed by atoms with E-state index in [0.29, 0.717) is 0 Å². The van der Waals surface area contributed by atoms with E-state index in [1.807, 2.05) is 19.9 Å². The Morgan fingerprint density at radius 1 is 1.40 bits per heavy atom. The van der Waals surface area contributed by atoms with Crippen molar-refractivity contribution in [1.29, 1.82) is 0 Å². The summed E-state index contributed by atoms with van der Waals surface area (Å²) in [4.78, 5) is 0.893. The Morgan fingerprint density at radius 3 is 2.27 bits per heavy atom. The molecule has 6 heteroatoms. The van der Waals surface area contributed by atoms with Crippen LogP contribution < -0.4 is 5.73 Å². The Balaban J connectivity index is 0.00000196. The highest BCUT2D eigenvalue weighted by atomic mass is 79.9. The van der Waals surface area contributed by atoms with Crippen LogP contribution in [-0.2, 0) is 0 Å². The molecule has 0 aromatic carbocycles. The second kappa shape index (κ2) is 6.57. The molecule has 1 rings (SSSR count). The summed E-state index contributed by atoms with van der Waals surface area (Å²) in [5.41, 5.74) is 5.88. The van der Waals surface area contributed by atoms with Gasteiger partial charge < -0.3 is 10.8 Å². The van der Waals surface area contributed by atoms with Crippen LogP contribution in [0.25, 0.3) is 0 Å². The summed E-state index contributed by atoms with van der Waals surface area (Å²) < 4.78 is 1.95. The van der Waals surface area contributed by atoms with Crippen molar-refractivity contribution in [2.24, 2.45) is 11.7 Å². The van der Waals surface area contributed by atoms with E-state index in [2.05, 4.69) is 31.9 Å². The third kappa shape index (κ3) is 3.98. The van der Waals surface area contributed by atoms with Crippen LogP contribution in [0.5, 0.6) is 0 Å². The van der Waals surface area contributed by atoms with E-state index >= 15 is 0 Å². The average molecular weight is 380 g/mol. The van der Waals surface area contributed by atoms with Gasteiger partial charge in [0.2, 0.25) is 0 Å². The van der Waals surface area contributed by atoms with Crippen LogP contribution in [0.15, 0.2) is 14.3 Å². The highest BCUT2D eigenvalue weighted by Crippen LogP contribution is 2.36. The second-order valence-electron chi connectivity index (χ2n) is 3.54. The average Bonchev–Trinajstić information content (AvgIpc) is 2.44. The van der Waals surface area contributed by atoms with Crippen molar-refractivity contribution in [3.8, 4) is 0 Å². The van der Waals surface area contributed by atoms with Crippen LogP contribution in [0.4, 0.5) is 0 Å². The molecular formula is C9H14Br2ClNOS. The minimum absolute atomic E-state index is 0. The number of thiophene rings is 1. The Labute approximate surface area is 117 Å². The van der Waals surface area contributed by atoms with E-state index in [1.165, 1.54) is 11.3 Å². The molecule has 1 aromatic heterocycles. The monoisotopic (exact) mass is 377 g/mol. The molecule has 15 heavy (non-hydrogen) atoms. The molecule has 88 valence electrons. The summed E-state index contributed by atoms with van der Waals surface area (Å²) in [6.07, 6.45) is -0.581. The molecule has 0 aliphatic heterocycles. The lowest BCUT2D eigenvalue weighted by Crippen LogP contribution is -2.33. The summed E-state index contributed by atoms with van der Waals surface area (Å²) in [5.74, 6) is 0.268. The van der Waals surface area contributed by atoms with Crippen molar-refractivity contribution >= 4 is 55.6 Å². The van der Waals surface area contributed by atoms with Crippen molar-refractivity contribution in [2.75, 3.05) is 0 Å². The molecule has 0 bridgehead atoms. The van der Waals surface area contributed by atoms with E-state index in [0.717, 1.165) is 13.1 Å². The highest BCUT2D eigenvalue weighted by Gasteiger charge is 2.22. The van der Waals surface area contributed by atoms with Gasteiger partial charge in [0.05, 0.1) is 3.79 Å². The van der Waals surface area contributed by atoms with Gasteiger partial charge in [0.25, 0.3) is 0 Å². The first kappa shape index (κ1) is 15.9. The lowest BCUT2D eigenvalue weighted by atomic mass is 9.99. The fourth-order valence-corrected chi connectivity index (χ4v) is 3.20. The van der Waals surface area contributed by atoms with Gasteiger partial charge in [0, 0.05) is 15.4 Å². The van der Waals surface area contributed by atoms with Crippen LogP contribution in [0.3, 0.4) is 0 Å². The minimum Gasteiger partial charge on any atom is -0.386 e. The summed E-state index contributed by atoms with van der Waals surface area (Å²) >= 11 is 8.28. The van der Waals surface area contributed by atoms with Gasteiger partial charge in [-0.05, 0) is 43.8 Å². The topological polar surface area (TPSA) is 46.2 Å². The van der Waals surface area contributed by atoms with Crippen molar-refractivity contribution in [1.82, 2.24) is 0 Å². The fourth-order valence-electron chi connectivity index (χ4n) is 1.06. The molecule has 2 unspecified atom stereocenters. The van der Waals surface area contributed by atoms with Gasteiger partial charge in [-0.1, -0.05) is 13.8 Å². The minimum atomic E-state index is -0.581. The smallest absolute Gasteiger partial charge is 0.104 e. The zero-order chi connectivity index (χ0) is 10.9. The maximum Gasteiger partial charge on any atom is 0.104 e. The van der Waals surface area contributed by atoms with Crippen LogP contribution in [0.1, 0.15) is 24.8 Å². The Kier molecular flexibility index (Phi) is 6.95. The maximum absolute atomic E-state index is 9.94. The fraction of sp³-hybridized carbons (Fsp3) is 0.556. The van der Waals surface area contributed by atoms with Crippen LogP contribution >= 0.6 is 55.6 Å². The summed E-state index contributed by atoms with van der Waals surface area (Å²) in [5, 5.41) is 9.94. The lowest BCUT2D eigenvalue weighted by Gasteiger charge is -2.20. The predicted octanol–water partition coefficient (Wildman–Crippen LogP) is 3.71. The summed E-state index contributed by atoms with van der Waals surface area (Å²) in [6.45, 7) is 4.01. The molecule has 0 saturated carbocycles. The molecule has 3 N–H and O–H groups in total. The third-order valence-corrected chi connectivity index (χ3v) is 5.42. The number of nitrogens with two attached hydrogens (primary N) is 1. The molecule has 0 saturated heterocycles. The first-order valence-corrected chi connectivity index (χ1v) is 6.72. The van der Waals surface area contributed by atoms with Gasteiger partial charge in [-0.3, -0.25) is 0 Å². The van der Waals surface area contributed by atoms with Gasteiger partial charge in [-0.2, -0.15) is 0 Å². The molecule has 2 atom stereocenters. The quantitative estimate of drug-likeness (QED) is 0.841.